The van der Waals surface area contributed by atoms with E-state index < -0.39 is 17.2 Å². The standard InChI is InChI=1S/C17H21F2N9O/c18-13-1-2-14(15(19)7-13)17(29,10-28-12-20-11-21-28)9-27-5-3-26(4-6-27)8-16-22-24-25-23-16/h1-2,7,11-12,29H,3-6,8-10H2,(H,22,23,24,25). The second-order valence-electron chi connectivity index (χ2n) is 7.13. The monoisotopic (exact) mass is 405 g/mol. The van der Waals surface area contributed by atoms with Crippen molar-refractivity contribution in [1.82, 2.24) is 45.2 Å². The van der Waals surface area contributed by atoms with Crippen molar-refractivity contribution in [3.8, 4) is 0 Å². The van der Waals surface area contributed by atoms with E-state index in [1.54, 1.807) is 0 Å². The number of halogens is 2. The molecule has 29 heavy (non-hydrogen) atoms. The van der Waals surface area contributed by atoms with Crippen LogP contribution in [-0.2, 0) is 18.7 Å². The van der Waals surface area contributed by atoms with Crippen molar-refractivity contribution in [2.24, 2.45) is 0 Å². The van der Waals surface area contributed by atoms with Gasteiger partial charge in [0.1, 0.15) is 29.9 Å². The first kappa shape index (κ1) is 19.5. The Labute approximate surface area is 165 Å². The summed E-state index contributed by atoms with van der Waals surface area (Å²) in [6, 6.07) is 3.21. The third-order valence-corrected chi connectivity index (χ3v) is 5.03. The number of benzene rings is 1. The minimum absolute atomic E-state index is 0.00136. The molecule has 2 aromatic heterocycles. The maximum atomic E-state index is 14.5. The molecule has 0 spiro atoms. The molecule has 1 fully saturated rings. The molecule has 3 heterocycles. The summed E-state index contributed by atoms with van der Waals surface area (Å²) >= 11 is 0. The van der Waals surface area contributed by atoms with Gasteiger partial charge in [0.2, 0.25) is 0 Å². The average molecular weight is 405 g/mol. The molecule has 0 saturated carbocycles. The highest BCUT2D eigenvalue weighted by Gasteiger charge is 2.36. The van der Waals surface area contributed by atoms with Crippen LogP contribution < -0.4 is 0 Å². The SMILES string of the molecule is OC(CN1CCN(Cc2nn[nH]n2)CC1)(Cn1cncn1)c1ccc(F)cc1F. The van der Waals surface area contributed by atoms with Crippen molar-refractivity contribution in [1.29, 1.82) is 0 Å². The van der Waals surface area contributed by atoms with Gasteiger partial charge in [-0.05, 0) is 6.07 Å². The Morgan fingerprint density at radius 1 is 1.10 bits per heavy atom. The molecule has 4 rings (SSSR count). The number of aromatic amines is 1. The van der Waals surface area contributed by atoms with E-state index in [0.717, 1.165) is 25.2 Å². The largest absolute Gasteiger partial charge is 0.382 e. The lowest BCUT2D eigenvalue weighted by atomic mass is 9.92. The molecule has 12 heteroatoms. The van der Waals surface area contributed by atoms with Gasteiger partial charge in [0.15, 0.2) is 5.82 Å². The molecule has 3 aromatic rings. The minimum Gasteiger partial charge on any atom is -0.382 e. The van der Waals surface area contributed by atoms with Crippen LogP contribution >= 0.6 is 0 Å². The number of nitrogens with one attached hydrogen (secondary N) is 1. The van der Waals surface area contributed by atoms with Gasteiger partial charge in [0, 0.05) is 44.4 Å². The lowest BCUT2D eigenvalue weighted by Gasteiger charge is -2.39. The number of aromatic nitrogens is 7. The second-order valence-corrected chi connectivity index (χ2v) is 7.13. The highest BCUT2D eigenvalue weighted by Crippen LogP contribution is 2.28. The molecule has 0 radical (unpaired) electrons. The molecule has 1 aliphatic rings. The summed E-state index contributed by atoms with van der Waals surface area (Å²) in [5, 5.41) is 29.3. The number of tetrazole rings is 1. The third-order valence-electron chi connectivity index (χ3n) is 5.03. The Balaban J connectivity index is 1.47. The molecule has 1 unspecified atom stereocenters. The fourth-order valence-corrected chi connectivity index (χ4v) is 3.59. The van der Waals surface area contributed by atoms with Crippen LogP contribution in [0.15, 0.2) is 30.9 Å². The van der Waals surface area contributed by atoms with E-state index in [0.29, 0.717) is 25.5 Å². The molecule has 1 aromatic carbocycles. The summed E-state index contributed by atoms with van der Waals surface area (Å²) in [6.07, 6.45) is 2.80. The van der Waals surface area contributed by atoms with Gasteiger partial charge in [-0.2, -0.15) is 10.3 Å². The van der Waals surface area contributed by atoms with E-state index in [2.05, 4.69) is 35.6 Å². The molecule has 2 N–H and O–H groups in total. The van der Waals surface area contributed by atoms with Gasteiger partial charge in [0.25, 0.3) is 0 Å². The Morgan fingerprint density at radius 3 is 2.55 bits per heavy atom. The molecule has 1 atom stereocenters. The summed E-state index contributed by atoms with van der Waals surface area (Å²) in [5.41, 5.74) is -1.56. The average Bonchev–Trinajstić information content (AvgIpc) is 3.37. The van der Waals surface area contributed by atoms with Crippen molar-refractivity contribution in [2.75, 3.05) is 32.7 Å². The Hall–Kier alpha value is -2.83. The number of hydrogen-bond acceptors (Lipinski definition) is 8. The molecule has 1 saturated heterocycles. The van der Waals surface area contributed by atoms with Crippen molar-refractivity contribution in [3.63, 3.8) is 0 Å². The summed E-state index contributed by atoms with van der Waals surface area (Å²) < 4.78 is 29.3. The van der Waals surface area contributed by atoms with Crippen LogP contribution in [-0.4, -0.2) is 83.0 Å². The quantitative estimate of drug-likeness (QED) is 0.555. The van der Waals surface area contributed by atoms with Gasteiger partial charge in [0.05, 0.1) is 13.1 Å². The van der Waals surface area contributed by atoms with E-state index in [-0.39, 0.29) is 18.7 Å². The molecular formula is C17H21F2N9O. The zero-order valence-electron chi connectivity index (χ0n) is 15.6. The zero-order chi connectivity index (χ0) is 20.3. The third kappa shape index (κ3) is 4.60. The number of β-amino-alcohol motifs (C(OH)–C–C–N with tert-alkyl or cyclic N) is 1. The Kier molecular flexibility index (Phi) is 5.56. The van der Waals surface area contributed by atoms with E-state index in [1.165, 1.54) is 23.4 Å². The van der Waals surface area contributed by atoms with E-state index >= 15 is 0 Å². The summed E-state index contributed by atoms with van der Waals surface area (Å²) in [7, 11) is 0. The van der Waals surface area contributed by atoms with Crippen molar-refractivity contribution < 1.29 is 13.9 Å². The van der Waals surface area contributed by atoms with Gasteiger partial charge < -0.3 is 5.11 Å². The highest BCUT2D eigenvalue weighted by atomic mass is 19.1. The van der Waals surface area contributed by atoms with Crippen molar-refractivity contribution in [2.45, 2.75) is 18.7 Å². The second kappa shape index (κ2) is 8.27. The van der Waals surface area contributed by atoms with E-state index in [9.17, 15) is 13.9 Å². The van der Waals surface area contributed by atoms with Crippen LogP contribution in [0.25, 0.3) is 0 Å². The molecule has 1 aliphatic heterocycles. The molecule has 10 nitrogen and oxygen atoms in total. The van der Waals surface area contributed by atoms with Gasteiger partial charge in [-0.25, -0.2) is 18.4 Å². The van der Waals surface area contributed by atoms with E-state index in [1.807, 2.05) is 4.90 Å². The lowest BCUT2D eigenvalue weighted by molar-refractivity contribution is -0.0325. The highest BCUT2D eigenvalue weighted by molar-refractivity contribution is 5.25. The molecule has 154 valence electrons. The zero-order valence-corrected chi connectivity index (χ0v) is 15.6. The number of aliphatic hydroxyl groups is 1. The molecule has 0 bridgehead atoms. The molecular weight excluding hydrogens is 384 g/mol. The van der Waals surface area contributed by atoms with Crippen LogP contribution in [0.4, 0.5) is 8.78 Å². The van der Waals surface area contributed by atoms with Crippen LogP contribution in [0.5, 0.6) is 0 Å². The Bertz CT molecular complexity index is 913. The maximum absolute atomic E-state index is 14.5. The molecule has 0 amide bonds. The topological polar surface area (TPSA) is 112 Å². The van der Waals surface area contributed by atoms with Gasteiger partial charge in [-0.3, -0.25) is 9.80 Å². The minimum atomic E-state index is -1.60. The predicted molar refractivity (Wildman–Crippen MR) is 96.2 cm³/mol. The van der Waals surface area contributed by atoms with Crippen LogP contribution in [0.1, 0.15) is 11.4 Å². The summed E-state index contributed by atoms with van der Waals surface area (Å²) in [4.78, 5) is 8.10. The maximum Gasteiger partial charge on any atom is 0.188 e. The van der Waals surface area contributed by atoms with Crippen LogP contribution in [0.3, 0.4) is 0 Å². The molecule has 0 aliphatic carbocycles. The Morgan fingerprint density at radius 2 is 1.90 bits per heavy atom. The number of rotatable bonds is 7. The number of nitrogens with zero attached hydrogens (tertiary/aromatic N) is 8. The summed E-state index contributed by atoms with van der Waals surface area (Å²) in [5.74, 6) is -0.859. The number of piperazine rings is 1. The predicted octanol–water partition coefficient (Wildman–Crippen LogP) is -0.225. The number of H-pyrrole nitrogens is 1. The normalized spacial score (nSPS) is 18.0. The number of hydrogen-bond donors (Lipinski definition) is 2. The smallest absolute Gasteiger partial charge is 0.188 e. The van der Waals surface area contributed by atoms with Crippen molar-refractivity contribution in [3.05, 3.63) is 53.9 Å². The first-order valence-corrected chi connectivity index (χ1v) is 9.19. The van der Waals surface area contributed by atoms with Crippen molar-refractivity contribution >= 4 is 0 Å². The first-order chi connectivity index (χ1) is 14.0. The van der Waals surface area contributed by atoms with E-state index in [4.69, 9.17) is 0 Å². The van der Waals surface area contributed by atoms with Crippen LogP contribution in [0, 0.1) is 11.6 Å². The van der Waals surface area contributed by atoms with Gasteiger partial charge in [-0.15, -0.1) is 10.2 Å². The first-order valence-electron chi connectivity index (χ1n) is 9.19. The van der Waals surface area contributed by atoms with Gasteiger partial charge in [-0.1, -0.05) is 11.3 Å². The lowest BCUT2D eigenvalue weighted by Crippen LogP contribution is -2.52. The fourth-order valence-electron chi connectivity index (χ4n) is 3.59. The van der Waals surface area contributed by atoms with Crippen LogP contribution in [0.2, 0.25) is 0 Å². The van der Waals surface area contributed by atoms with Gasteiger partial charge >= 0.3 is 0 Å². The fraction of sp³-hybridized carbons (Fsp3) is 0.471. The summed E-state index contributed by atoms with van der Waals surface area (Å²) in [6.45, 7) is 3.56.